The van der Waals surface area contributed by atoms with Gasteiger partial charge in [-0.05, 0) is 18.1 Å². The van der Waals surface area contributed by atoms with Crippen molar-refractivity contribution in [3.8, 4) is 0 Å². The van der Waals surface area contributed by atoms with Crippen molar-refractivity contribution in [2.45, 2.75) is 19.5 Å². The Morgan fingerprint density at radius 1 is 1.30 bits per heavy atom. The van der Waals surface area contributed by atoms with Crippen molar-refractivity contribution >= 4 is 16.9 Å². The molecule has 0 atom stereocenters. The number of rotatable bonds is 6. The number of urea groups is 1. The van der Waals surface area contributed by atoms with Gasteiger partial charge in [0.1, 0.15) is 0 Å². The molecule has 2 N–H and O–H groups in total. The molecule has 2 heterocycles. The van der Waals surface area contributed by atoms with Gasteiger partial charge in [0, 0.05) is 49.6 Å². The molecule has 3 rings (SSSR count). The van der Waals surface area contributed by atoms with Crippen LogP contribution in [-0.2, 0) is 13.1 Å². The number of hydrogen-bond acceptors (Lipinski definition) is 2. The van der Waals surface area contributed by atoms with Crippen molar-refractivity contribution in [2.24, 2.45) is 0 Å². The van der Waals surface area contributed by atoms with E-state index in [1.54, 1.807) is 13.2 Å². The largest absolute Gasteiger partial charge is 0.347 e. The summed E-state index contributed by atoms with van der Waals surface area (Å²) in [5.74, 6) is 0. The van der Waals surface area contributed by atoms with Crippen molar-refractivity contribution in [1.82, 2.24) is 24.8 Å². The standard InChI is InChI=1S/C17H21N5O/c1-18-17(23)20-7-4-9-22-12-14(11-21-10-8-19-13-21)15-5-2-3-6-16(15)22/h2-3,5-6,8,10,12-13H,4,7,9,11H2,1H3,(H2,18,20,23). The number of nitrogens with one attached hydrogen (secondary N) is 2. The fourth-order valence-corrected chi connectivity index (χ4v) is 2.75. The Balaban J connectivity index is 1.74. The molecule has 0 saturated carbocycles. The van der Waals surface area contributed by atoms with E-state index in [4.69, 9.17) is 0 Å². The molecule has 23 heavy (non-hydrogen) atoms. The van der Waals surface area contributed by atoms with Crippen molar-refractivity contribution < 1.29 is 4.79 Å². The highest BCUT2D eigenvalue weighted by Crippen LogP contribution is 2.22. The lowest BCUT2D eigenvalue weighted by Gasteiger charge is -2.06. The van der Waals surface area contributed by atoms with Crippen LogP contribution >= 0.6 is 0 Å². The quantitative estimate of drug-likeness (QED) is 0.686. The maximum absolute atomic E-state index is 11.2. The summed E-state index contributed by atoms with van der Waals surface area (Å²) in [5.41, 5.74) is 2.50. The van der Waals surface area contributed by atoms with Crippen LogP contribution in [-0.4, -0.2) is 33.7 Å². The van der Waals surface area contributed by atoms with E-state index in [9.17, 15) is 4.79 Å². The molecule has 0 aliphatic carbocycles. The second kappa shape index (κ2) is 7.00. The summed E-state index contributed by atoms with van der Waals surface area (Å²) in [7, 11) is 1.62. The zero-order valence-corrected chi connectivity index (χ0v) is 13.2. The van der Waals surface area contributed by atoms with Gasteiger partial charge in [-0.2, -0.15) is 0 Å². The lowest BCUT2D eigenvalue weighted by atomic mass is 10.2. The number of imidazole rings is 1. The van der Waals surface area contributed by atoms with Crippen LogP contribution in [0, 0.1) is 0 Å². The molecule has 0 aliphatic rings. The first kappa shape index (κ1) is 15.1. The van der Waals surface area contributed by atoms with Crippen LogP contribution in [0.2, 0.25) is 0 Å². The zero-order chi connectivity index (χ0) is 16.1. The van der Waals surface area contributed by atoms with Crippen molar-refractivity contribution in [3.05, 3.63) is 54.7 Å². The monoisotopic (exact) mass is 311 g/mol. The summed E-state index contributed by atoms with van der Waals surface area (Å²) >= 11 is 0. The third kappa shape index (κ3) is 3.53. The van der Waals surface area contributed by atoms with Crippen molar-refractivity contribution in [3.63, 3.8) is 0 Å². The molecule has 6 heteroatoms. The fourth-order valence-electron chi connectivity index (χ4n) is 2.75. The average Bonchev–Trinajstić information content (AvgIpc) is 3.20. The summed E-state index contributed by atoms with van der Waals surface area (Å²) in [4.78, 5) is 15.3. The summed E-state index contributed by atoms with van der Waals surface area (Å²) in [5, 5.41) is 6.64. The maximum Gasteiger partial charge on any atom is 0.314 e. The Bertz CT molecular complexity index is 775. The van der Waals surface area contributed by atoms with E-state index in [0.29, 0.717) is 6.54 Å². The molecule has 0 aliphatic heterocycles. The summed E-state index contributed by atoms with van der Waals surface area (Å²) < 4.78 is 4.33. The Hall–Kier alpha value is -2.76. The van der Waals surface area contributed by atoms with Gasteiger partial charge in [0.25, 0.3) is 0 Å². The topological polar surface area (TPSA) is 63.9 Å². The van der Waals surface area contributed by atoms with Crippen LogP contribution < -0.4 is 10.6 Å². The number of aromatic nitrogens is 3. The van der Waals surface area contributed by atoms with Crippen molar-refractivity contribution in [2.75, 3.05) is 13.6 Å². The number of para-hydroxylation sites is 1. The second-order valence-corrected chi connectivity index (χ2v) is 5.46. The number of carbonyl (C=O) groups excluding carboxylic acids is 1. The van der Waals surface area contributed by atoms with Gasteiger partial charge in [-0.3, -0.25) is 0 Å². The summed E-state index contributed by atoms with van der Waals surface area (Å²) in [6, 6.07) is 8.28. The van der Waals surface area contributed by atoms with E-state index >= 15 is 0 Å². The normalized spacial score (nSPS) is 10.8. The number of benzene rings is 1. The number of nitrogens with zero attached hydrogens (tertiary/aromatic N) is 3. The van der Waals surface area contributed by atoms with E-state index in [2.05, 4.69) is 55.2 Å². The van der Waals surface area contributed by atoms with E-state index in [-0.39, 0.29) is 6.03 Å². The number of fused-ring (bicyclic) bond motifs is 1. The van der Waals surface area contributed by atoms with Crippen LogP contribution in [0.25, 0.3) is 10.9 Å². The first-order chi connectivity index (χ1) is 11.3. The molecule has 3 aromatic rings. The molecule has 1 aromatic carbocycles. The van der Waals surface area contributed by atoms with Crippen LogP contribution in [0.3, 0.4) is 0 Å². The van der Waals surface area contributed by atoms with Gasteiger partial charge in [0.2, 0.25) is 0 Å². The Labute approximate surface area is 135 Å². The Morgan fingerprint density at radius 3 is 2.96 bits per heavy atom. The van der Waals surface area contributed by atoms with Gasteiger partial charge in [0.05, 0.1) is 12.9 Å². The summed E-state index contributed by atoms with van der Waals surface area (Å²) in [6.07, 6.45) is 8.68. The van der Waals surface area contributed by atoms with Crippen LogP contribution in [0.1, 0.15) is 12.0 Å². The average molecular weight is 311 g/mol. The molecule has 6 nitrogen and oxygen atoms in total. The lowest BCUT2D eigenvalue weighted by Crippen LogP contribution is -2.33. The second-order valence-electron chi connectivity index (χ2n) is 5.46. The van der Waals surface area contributed by atoms with Gasteiger partial charge >= 0.3 is 6.03 Å². The minimum absolute atomic E-state index is 0.136. The minimum Gasteiger partial charge on any atom is -0.347 e. The highest BCUT2D eigenvalue weighted by atomic mass is 16.2. The first-order valence-electron chi connectivity index (χ1n) is 7.76. The summed E-state index contributed by atoms with van der Waals surface area (Å²) in [6.45, 7) is 2.33. The van der Waals surface area contributed by atoms with Gasteiger partial charge in [0.15, 0.2) is 0 Å². The van der Waals surface area contributed by atoms with Gasteiger partial charge in [-0.25, -0.2) is 9.78 Å². The van der Waals surface area contributed by atoms with Crippen LogP contribution in [0.15, 0.2) is 49.2 Å². The molecule has 0 unspecified atom stereocenters. The minimum atomic E-state index is -0.136. The van der Waals surface area contributed by atoms with Gasteiger partial charge < -0.3 is 19.8 Å². The molecule has 2 aromatic heterocycles. The van der Waals surface area contributed by atoms with Crippen LogP contribution in [0.4, 0.5) is 4.79 Å². The highest BCUT2D eigenvalue weighted by molar-refractivity contribution is 5.84. The predicted octanol–water partition coefficient (Wildman–Crippen LogP) is 2.21. The molecule has 0 saturated heterocycles. The number of amides is 2. The molecule has 0 spiro atoms. The SMILES string of the molecule is CNC(=O)NCCCn1cc(Cn2ccnc2)c2ccccc21. The van der Waals surface area contributed by atoms with Crippen LogP contribution in [0.5, 0.6) is 0 Å². The smallest absolute Gasteiger partial charge is 0.314 e. The molecule has 0 bridgehead atoms. The number of carbonyl (C=O) groups is 1. The van der Waals surface area contributed by atoms with E-state index < -0.39 is 0 Å². The van der Waals surface area contributed by atoms with Gasteiger partial charge in [-0.15, -0.1) is 0 Å². The first-order valence-corrected chi connectivity index (χ1v) is 7.76. The van der Waals surface area contributed by atoms with E-state index in [1.807, 2.05) is 12.5 Å². The highest BCUT2D eigenvalue weighted by Gasteiger charge is 2.08. The molecule has 0 radical (unpaired) electrons. The zero-order valence-electron chi connectivity index (χ0n) is 13.2. The van der Waals surface area contributed by atoms with Crippen molar-refractivity contribution in [1.29, 1.82) is 0 Å². The van der Waals surface area contributed by atoms with E-state index in [1.165, 1.54) is 16.5 Å². The molecular formula is C17H21N5O. The van der Waals surface area contributed by atoms with Gasteiger partial charge in [-0.1, -0.05) is 18.2 Å². The lowest BCUT2D eigenvalue weighted by molar-refractivity contribution is 0.242. The Kier molecular flexibility index (Phi) is 4.61. The number of hydrogen-bond donors (Lipinski definition) is 2. The van der Waals surface area contributed by atoms with E-state index in [0.717, 1.165) is 19.5 Å². The molecule has 2 amide bonds. The maximum atomic E-state index is 11.2. The third-order valence-electron chi connectivity index (χ3n) is 3.87. The number of aryl methyl sites for hydroxylation is 1. The molecular weight excluding hydrogens is 290 g/mol. The Morgan fingerprint density at radius 2 is 2.17 bits per heavy atom. The molecule has 120 valence electrons. The third-order valence-corrected chi connectivity index (χ3v) is 3.87. The fraction of sp³-hybridized carbons (Fsp3) is 0.294. The predicted molar refractivity (Wildman–Crippen MR) is 90.3 cm³/mol. The molecule has 0 fully saturated rings.